The van der Waals surface area contributed by atoms with Gasteiger partial charge in [-0.2, -0.15) is 4.31 Å². The molecule has 3 aromatic carbocycles. The van der Waals surface area contributed by atoms with Crippen molar-refractivity contribution in [1.29, 1.82) is 0 Å². The standard InChI is InChI=1S/C30H31F3N2O6S/c1-21(27(36)37)26(20-22-8-4-2-5-9-22)34-28(38)29(23-10-6-3-7-11-23)16-18-35(19-17-29)42(39,40)25-14-12-24(13-15-25)41-30(31,32)33/h2-15,21,26H,16-20H2,1H3,(H,34,38)(H,36,37). The minimum absolute atomic E-state index is 0.0384. The SMILES string of the molecule is CC(C(=O)O)C(Cc1ccccc1)NC(=O)C1(c2ccccc2)CCN(S(=O)(=O)c2ccc(OC(F)(F)F)cc2)CC1. The van der Waals surface area contributed by atoms with Gasteiger partial charge in [-0.15, -0.1) is 13.2 Å². The van der Waals surface area contributed by atoms with Crippen molar-refractivity contribution in [3.63, 3.8) is 0 Å². The van der Waals surface area contributed by atoms with E-state index in [2.05, 4.69) is 10.1 Å². The normalized spacial score (nSPS) is 17.1. The number of nitrogens with zero attached hydrogens (tertiary/aromatic N) is 1. The number of benzene rings is 3. The van der Waals surface area contributed by atoms with Crippen molar-refractivity contribution < 1.29 is 41.0 Å². The van der Waals surface area contributed by atoms with Crippen LogP contribution in [0.4, 0.5) is 13.2 Å². The summed E-state index contributed by atoms with van der Waals surface area (Å²) in [6, 6.07) is 21.4. The second kappa shape index (κ2) is 12.5. The molecule has 2 atom stereocenters. The van der Waals surface area contributed by atoms with Gasteiger partial charge in [-0.25, -0.2) is 8.42 Å². The first kappa shape index (κ1) is 31.0. The maximum absolute atomic E-state index is 14.0. The summed E-state index contributed by atoms with van der Waals surface area (Å²) < 4.78 is 69.2. The number of nitrogens with one attached hydrogen (secondary N) is 1. The largest absolute Gasteiger partial charge is 0.573 e. The van der Waals surface area contributed by atoms with Crippen LogP contribution in [-0.2, 0) is 31.4 Å². The zero-order valence-corrected chi connectivity index (χ0v) is 23.6. The lowest BCUT2D eigenvalue weighted by Gasteiger charge is -2.41. The molecule has 2 N–H and O–H groups in total. The van der Waals surface area contributed by atoms with Crippen molar-refractivity contribution in [3.05, 3.63) is 96.1 Å². The van der Waals surface area contributed by atoms with Crippen LogP contribution in [0.15, 0.2) is 89.8 Å². The molecule has 1 aliphatic heterocycles. The lowest BCUT2D eigenvalue weighted by Crippen LogP contribution is -2.56. The molecule has 0 bridgehead atoms. The van der Waals surface area contributed by atoms with Gasteiger partial charge in [-0.1, -0.05) is 60.7 Å². The van der Waals surface area contributed by atoms with E-state index in [0.29, 0.717) is 12.0 Å². The van der Waals surface area contributed by atoms with E-state index in [4.69, 9.17) is 0 Å². The zero-order chi connectivity index (χ0) is 30.5. The number of halogens is 3. The van der Waals surface area contributed by atoms with Gasteiger partial charge < -0.3 is 15.2 Å². The van der Waals surface area contributed by atoms with Crippen LogP contribution in [0.25, 0.3) is 0 Å². The summed E-state index contributed by atoms with van der Waals surface area (Å²) in [5.74, 6) is -2.89. The van der Waals surface area contributed by atoms with Crippen LogP contribution >= 0.6 is 0 Å². The Bertz CT molecular complexity index is 1470. The van der Waals surface area contributed by atoms with E-state index in [9.17, 15) is 36.3 Å². The molecule has 0 aliphatic carbocycles. The van der Waals surface area contributed by atoms with Crippen molar-refractivity contribution in [2.24, 2.45) is 5.92 Å². The molecule has 0 aromatic heterocycles. The van der Waals surface area contributed by atoms with Gasteiger partial charge in [-0.05, 0) is 61.6 Å². The molecule has 0 radical (unpaired) electrons. The summed E-state index contributed by atoms with van der Waals surface area (Å²) in [7, 11) is -4.08. The number of ether oxygens (including phenoxy) is 1. The van der Waals surface area contributed by atoms with E-state index in [1.807, 2.05) is 30.3 Å². The van der Waals surface area contributed by atoms with Crippen molar-refractivity contribution in [1.82, 2.24) is 9.62 Å². The van der Waals surface area contributed by atoms with Crippen LogP contribution in [0.2, 0.25) is 0 Å². The quantitative estimate of drug-likeness (QED) is 0.345. The van der Waals surface area contributed by atoms with Crippen molar-refractivity contribution >= 4 is 21.9 Å². The first-order valence-corrected chi connectivity index (χ1v) is 14.7. The highest BCUT2D eigenvalue weighted by Gasteiger charge is 2.46. The number of aliphatic carboxylic acids is 1. The van der Waals surface area contributed by atoms with Crippen LogP contribution in [0.1, 0.15) is 30.9 Å². The predicted octanol–water partition coefficient (Wildman–Crippen LogP) is 4.76. The summed E-state index contributed by atoms with van der Waals surface area (Å²) in [5, 5.41) is 12.7. The molecule has 3 aromatic rings. The van der Waals surface area contributed by atoms with Gasteiger partial charge in [0.25, 0.3) is 0 Å². The van der Waals surface area contributed by atoms with Gasteiger partial charge in [0, 0.05) is 19.1 Å². The average Bonchev–Trinajstić information content (AvgIpc) is 2.96. The Morgan fingerprint density at radius 1 is 0.952 bits per heavy atom. The van der Waals surface area contributed by atoms with Crippen LogP contribution in [0.5, 0.6) is 5.75 Å². The Morgan fingerprint density at radius 3 is 2.02 bits per heavy atom. The number of carbonyl (C=O) groups is 2. The van der Waals surface area contributed by atoms with Gasteiger partial charge in [-0.3, -0.25) is 9.59 Å². The fraction of sp³-hybridized carbons (Fsp3) is 0.333. The number of carbonyl (C=O) groups excluding carboxylic acids is 1. The number of sulfonamides is 1. The number of rotatable bonds is 10. The molecule has 0 spiro atoms. The summed E-state index contributed by atoms with van der Waals surface area (Å²) in [6.45, 7) is 1.46. The monoisotopic (exact) mass is 604 g/mol. The van der Waals surface area contributed by atoms with E-state index in [-0.39, 0.29) is 30.8 Å². The number of carboxylic acid groups (broad SMARTS) is 1. The Hall–Kier alpha value is -3.90. The third-order valence-corrected chi connectivity index (χ3v) is 9.55. The smallest absolute Gasteiger partial charge is 0.481 e. The number of amides is 1. The summed E-state index contributed by atoms with van der Waals surface area (Å²) >= 11 is 0. The predicted molar refractivity (Wildman–Crippen MR) is 148 cm³/mol. The topological polar surface area (TPSA) is 113 Å². The Labute approximate surface area is 242 Å². The average molecular weight is 605 g/mol. The van der Waals surface area contributed by atoms with Crippen LogP contribution in [-0.4, -0.2) is 55.2 Å². The van der Waals surface area contributed by atoms with E-state index < -0.39 is 51.4 Å². The fourth-order valence-electron chi connectivity index (χ4n) is 5.17. The van der Waals surface area contributed by atoms with Crippen molar-refractivity contribution in [2.75, 3.05) is 13.1 Å². The fourth-order valence-corrected chi connectivity index (χ4v) is 6.62. The maximum Gasteiger partial charge on any atom is 0.573 e. The Kier molecular flexibility index (Phi) is 9.27. The molecule has 0 saturated carbocycles. The maximum atomic E-state index is 14.0. The van der Waals surface area contributed by atoms with Crippen molar-refractivity contribution in [2.45, 2.75) is 48.9 Å². The number of piperidine rings is 1. The summed E-state index contributed by atoms with van der Waals surface area (Å²) in [6.07, 6.45) is -4.40. The molecule has 2 unspecified atom stereocenters. The molecule has 1 amide bonds. The number of carboxylic acids is 1. The van der Waals surface area contributed by atoms with Crippen LogP contribution in [0.3, 0.4) is 0 Å². The first-order chi connectivity index (χ1) is 19.8. The molecule has 12 heteroatoms. The molecule has 42 heavy (non-hydrogen) atoms. The lowest BCUT2D eigenvalue weighted by molar-refractivity contribution is -0.274. The van der Waals surface area contributed by atoms with Gasteiger partial charge in [0.1, 0.15) is 5.75 Å². The number of hydrogen-bond donors (Lipinski definition) is 2. The van der Waals surface area contributed by atoms with Crippen LogP contribution in [0, 0.1) is 5.92 Å². The molecule has 224 valence electrons. The first-order valence-electron chi connectivity index (χ1n) is 13.3. The lowest BCUT2D eigenvalue weighted by atomic mass is 9.72. The second-order valence-electron chi connectivity index (χ2n) is 10.3. The van der Waals surface area contributed by atoms with Crippen molar-refractivity contribution in [3.8, 4) is 5.75 Å². The summed E-state index contributed by atoms with van der Waals surface area (Å²) in [4.78, 5) is 25.8. The molecule has 1 saturated heterocycles. The van der Waals surface area contributed by atoms with E-state index in [0.717, 1.165) is 29.8 Å². The molecule has 1 heterocycles. The van der Waals surface area contributed by atoms with Gasteiger partial charge >= 0.3 is 12.3 Å². The number of alkyl halides is 3. The second-order valence-corrected chi connectivity index (χ2v) is 12.2. The molecule has 4 rings (SSSR count). The zero-order valence-electron chi connectivity index (χ0n) is 22.8. The minimum Gasteiger partial charge on any atom is -0.481 e. The number of hydrogen-bond acceptors (Lipinski definition) is 5. The molecule has 8 nitrogen and oxygen atoms in total. The highest BCUT2D eigenvalue weighted by Crippen LogP contribution is 2.38. The third kappa shape index (κ3) is 7.11. The van der Waals surface area contributed by atoms with E-state index >= 15 is 0 Å². The Balaban J connectivity index is 1.57. The highest BCUT2D eigenvalue weighted by atomic mass is 32.2. The van der Waals surface area contributed by atoms with Crippen LogP contribution < -0.4 is 10.1 Å². The van der Waals surface area contributed by atoms with E-state index in [1.165, 1.54) is 11.2 Å². The highest BCUT2D eigenvalue weighted by molar-refractivity contribution is 7.89. The third-order valence-electron chi connectivity index (χ3n) is 7.64. The molecular formula is C30H31F3N2O6S. The molecule has 1 fully saturated rings. The van der Waals surface area contributed by atoms with Gasteiger partial charge in [0.2, 0.25) is 15.9 Å². The van der Waals surface area contributed by atoms with Gasteiger partial charge in [0.15, 0.2) is 0 Å². The molecule has 1 aliphatic rings. The molecular weight excluding hydrogens is 573 g/mol. The Morgan fingerprint density at radius 2 is 1.50 bits per heavy atom. The van der Waals surface area contributed by atoms with Gasteiger partial charge in [0.05, 0.1) is 16.2 Å². The summed E-state index contributed by atoms with van der Waals surface area (Å²) in [5.41, 5.74) is 0.400. The minimum atomic E-state index is -4.91. The van der Waals surface area contributed by atoms with E-state index in [1.54, 1.807) is 30.3 Å².